The van der Waals surface area contributed by atoms with Gasteiger partial charge in [-0.2, -0.15) is 9.57 Å². The van der Waals surface area contributed by atoms with E-state index >= 15 is 0 Å². The molecule has 1 fully saturated rings. The number of sulfonamides is 1. The van der Waals surface area contributed by atoms with Crippen molar-refractivity contribution in [2.75, 3.05) is 37.7 Å². The molecule has 0 unspecified atom stereocenters. The highest BCUT2D eigenvalue weighted by molar-refractivity contribution is 7.89. The Morgan fingerprint density at radius 2 is 1.78 bits per heavy atom. The summed E-state index contributed by atoms with van der Waals surface area (Å²) in [5, 5.41) is 19.9. The van der Waals surface area contributed by atoms with Gasteiger partial charge in [0, 0.05) is 44.0 Å². The number of benzene rings is 2. The first-order valence-corrected chi connectivity index (χ1v) is 11.5. The SMILES string of the molecule is CC(C)Oc1ccc(S(=O)(=O)N2CCN(c3ccc([N+](=O)[O-])c(OCC#N)c3)CC2)cc1. The van der Waals surface area contributed by atoms with Gasteiger partial charge in [-0.1, -0.05) is 0 Å². The molecule has 2 aromatic rings. The summed E-state index contributed by atoms with van der Waals surface area (Å²) < 4.78 is 38.2. The van der Waals surface area contributed by atoms with Crippen LogP contribution in [0.2, 0.25) is 0 Å². The number of nitrogens with zero attached hydrogens (tertiary/aromatic N) is 4. The van der Waals surface area contributed by atoms with Gasteiger partial charge >= 0.3 is 5.69 Å². The Morgan fingerprint density at radius 1 is 1.12 bits per heavy atom. The van der Waals surface area contributed by atoms with Gasteiger partial charge in [-0.25, -0.2) is 8.42 Å². The summed E-state index contributed by atoms with van der Waals surface area (Å²) in [4.78, 5) is 12.7. The van der Waals surface area contributed by atoms with E-state index in [9.17, 15) is 18.5 Å². The second-order valence-electron chi connectivity index (χ2n) is 7.39. The zero-order chi connectivity index (χ0) is 23.3. The maximum absolute atomic E-state index is 13.0. The highest BCUT2D eigenvalue weighted by Gasteiger charge is 2.29. The Labute approximate surface area is 186 Å². The summed E-state index contributed by atoms with van der Waals surface area (Å²) >= 11 is 0. The van der Waals surface area contributed by atoms with E-state index in [1.165, 1.54) is 28.6 Å². The van der Waals surface area contributed by atoms with Crippen LogP contribution in [-0.2, 0) is 10.0 Å². The number of piperazine rings is 1. The third-order valence-corrected chi connectivity index (χ3v) is 6.78. The van der Waals surface area contributed by atoms with E-state index in [-0.39, 0.29) is 42.1 Å². The Kier molecular flexibility index (Phi) is 7.17. The van der Waals surface area contributed by atoms with Crippen molar-refractivity contribution in [3.8, 4) is 17.6 Å². The molecule has 170 valence electrons. The molecule has 0 amide bonds. The standard InChI is InChI=1S/C21H24N4O6S/c1-16(2)31-18-4-6-19(7-5-18)32(28,29)24-12-10-23(11-13-24)17-3-8-20(25(26)27)21(15-17)30-14-9-22/h3-8,15-16H,10-14H2,1-2H3. The number of hydrogen-bond acceptors (Lipinski definition) is 8. The number of nitro groups is 1. The van der Waals surface area contributed by atoms with Crippen LogP contribution in [0.3, 0.4) is 0 Å². The molecule has 1 heterocycles. The molecule has 0 atom stereocenters. The lowest BCUT2D eigenvalue weighted by Crippen LogP contribution is -2.48. The third kappa shape index (κ3) is 5.27. The fourth-order valence-electron chi connectivity index (χ4n) is 3.37. The molecule has 1 aliphatic heterocycles. The van der Waals surface area contributed by atoms with E-state index in [0.29, 0.717) is 24.5 Å². The monoisotopic (exact) mass is 460 g/mol. The minimum atomic E-state index is -3.65. The molecule has 0 aromatic heterocycles. The Morgan fingerprint density at radius 3 is 2.34 bits per heavy atom. The summed E-state index contributed by atoms with van der Waals surface area (Å²) in [6.07, 6.45) is -0.00391. The molecule has 1 saturated heterocycles. The van der Waals surface area contributed by atoms with Crippen LogP contribution in [0.4, 0.5) is 11.4 Å². The zero-order valence-corrected chi connectivity index (χ0v) is 18.6. The summed E-state index contributed by atoms with van der Waals surface area (Å²) in [5.41, 5.74) is 0.436. The molecule has 1 aliphatic rings. The predicted molar refractivity (Wildman–Crippen MR) is 117 cm³/mol. The van der Waals surface area contributed by atoms with Crippen LogP contribution in [0.15, 0.2) is 47.4 Å². The number of nitro benzene ring substituents is 1. The van der Waals surface area contributed by atoms with Crippen LogP contribution in [-0.4, -0.2) is 56.5 Å². The minimum Gasteiger partial charge on any atom is -0.491 e. The molecule has 0 spiro atoms. The van der Waals surface area contributed by atoms with Gasteiger partial charge in [0.25, 0.3) is 0 Å². The number of rotatable bonds is 8. The fourth-order valence-corrected chi connectivity index (χ4v) is 4.80. The average molecular weight is 461 g/mol. The summed E-state index contributed by atoms with van der Waals surface area (Å²) in [7, 11) is -3.65. The number of ether oxygens (including phenoxy) is 2. The van der Waals surface area contributed by atoms with Crippen molar-refractivity contribution in [1.82, 2.24) is 4.31 Å². The molecule has 11 heteroatoms. The normalized spacial score (nSPS) is 14.8. The molecule has 0 radical (unpaired) electrons. The van der Waals surface area contributed by atoms with Gasteiger partial charge in [-0.05, 0) is 44.2 Å². The van der Waals surface area contributed by atoms with Gasteiger partial charge in [-0.15, -0.1) is 0 Å². The topological polar surface area (TPSA) is 126 Å². The molecule has 0 aliphatic carbocycles. The third-order valence-electron chi connectivity index (χ3n) is 4.87. The zero-order valence-electron chi connectivity index (χ0n) is 17.8. The maximum atomic E-state index is 13.0. The van der Waals surface area contributed by atoms with Gasteiger partial charge in [-0.3, -0.25) is 10.1 Å². The quantitative estimate of drug-likeness (QED) is 0.435. The van der Waals surface area contributed by atoms with Crippen LogP contribution < -0.4 is 14.4 Å². The number of hydrogen-bond donors (Lipinski definition) is 0. The van der Waals surface area contributed by atoms with Crippen LogP contribution in [0, 0.1) is 21.4 Å². The van der Waals surface area contributed by atoms with Gasteiger partial charge in [0.2, 0.25) is 10.0 Å². The maximum Gasteiger partial charge on any atom is 0.311 e. The second-order valence-corrected chi connectivity index (χ2v) is 9.32. The molecule has 2 aromatic carbocycles. The van der Waals surface area contributed by atoms with E-state index in [2.05, 4.69) is 0 Å². The van der Waals surface area contributed by atoms with E-state index in [4.69, 9.17) is 14.7 Å². The predicted octanol–water partition coefficient (Wildman–Crippen LogP) is 2.80. The average Bonchev–Trinajstić information content (AvgIpc) is 2.77. The van der Waals surface area contributed by atoms with Crippen LogP contribution in [0.25, 0.3) is 0 Å². The molecule has 32 heavy (non-hydrogen) atoms. The minimum absolute atomic E-state index is 0.00391. The van der Waals surface area contributed by atoms with Crippen molar-refractivity contribution in [2.45, 2.75) is 24.8 Å². The van der Waals surface area contributed by atoms with Gasteiger partial charge in [0.1, 0.15) is 11.8 Å². The van der Waals surface area contributed by atoms with Crippen molar-refractivity contribution in [1.29, 1.82) is 5.26 Å². The smallest absolute Gasteiger partial charge is 0.311 e. The van der Waals surface area contributed by atoms with Gasteiger partial charge in [0.05, 0.1) is 15.9 Å². The first-order valence-electron chi connectivity index (χ1n) is 10.0. The van der Waals surface area contributed by atoms with E-state index in [1.54, 1.807) is 24.3 Å². The molecule has 0 N–H and O–H groups in total. The summed E-state index contributed by atoms with van der Waals surface area (Å²) in [6, 6.07) is 12.6. The summed E-state index contributed by atoms with van der Waals surface area (Å²) in [6.45, 7) is 4.82. The van der Waals surface area contributed by atoms with Crippen LogP contribution >= 0.6 is 0 Å². The highest BCUT2D eigenvalue weighted by atomic mass is 32.2. The first-order chi connectivity index (χ1) is 15.2. The van der Waals surface area contributed by atoms with Gasteiger partial charge in [0.15, 0.2) is 12.4 Å². The fraction of sp³-hybridized carbons (Fsp3) is 0.381. The van der Waals surface area contributed by atoms with Crippen molar-refractivity contribution >= 4 is 21.4 Å². The van der Waals surface area contributed by atoms with Crippen LogP contribution in [0.1, 0.15) is 13.8 Å². The Bertz CT molecular complexity index is 1100. The molecule has 3 rings (SSSR count). The van der Waals surface area contributed by atoms with Gasteiger partial charge < -0.3 is 14.4 Å². The lowest BCUT2D eigenvalue weighted by Gasteiger charge is -2.35. The van der Waals surface area contributed by atoms with Crippen molar-refractivity contribution < 1.29 is 22.8 Å². The summed E-state index contributed by atoms with van der Waals surface area (Å²) in [5.74, 6) is 0.615. The Hall–Kier alpha value is -3.36. The molecular weight excluding hydrogens is 436 g/mol. The Balaban J connectivity index is 1.70. The van der Waals surface area contributed by atoms with Crippen molar-refractivity contribution in [2.24, 2.45) is 0 Å². The van der Waals surface area contributed by atoms with Crippen LogP contribution in [0.5, 0.6) is 11.5 Å². The molecule has 0 bridgehead atoms. The first kappa shape index (κ1) is 23.3. The second kappa shape index (κ2) is 9.84. The van der Waals surface area contributed by atoms with E-state index < -0.39 is 14.9 Å². The number of anilines is 1. The van der Waals surface area contributed by atoms with E-state index in [0.717, 1.165) is 0 Å². The molecular formula is C21H24N4O6S. The van der Waals surface area contributed by atoms with Crippen molar-refractivity contribution in [3.63, 3.8) is 0 Å². The molecule has 10 nitrogen and oxygen atoms in total. The molecule has 0 saturated carbocycles. The lowest BCUT2D eigenvalue weighted by molar-refractivity contribution is -0.385. The number of nitriles is 1. The van der Waals surface area contributed by atoms with Crippen molar-refractivity contribution in [3.05, 3.63) is 52.6 Å². The highest BCUT2D eigenvalue weighted by Crippen LogP contribution is 2.32. The lowest BCUT2D eigenvalue weighted by atomic mass is 10.2. The van der Waals surface area contributed by atoms with E-state index in [1.807, 2.05) is 18.7 Å². The largest absolute Gasteiger partial charge is 0.491 e.